The first-order chi connectivity index (χ1) is 13.5. The molecule has 5 nitrogen and oxygen atoms in total. The molecule has 0 atom stereocenters. The molecule has 0 radical (unpaired) electrons. The molecule has 2 aromatic carbocycles. The number of halogens is 1. The summed E-state index contributed by atoms with van der Waals surface area (Å²) in [6, 6.07) is 17.5. The number of aromatic nitrogens is 2. The number of anilines is 1. The van der Waals surface area contributed by atoms with Gasteiger partial charge in [-0.3, -0.25) is 9.69 Å². The number of allylic oxidation sites excluding steroid dienone is 1. The molecule has 0 unspecified atom stereocenters. The second-order valence-corrected chi connectivity index (χ2v) is 9.09. The second kappa shape index (κ2) is 7.98. The first-order valence-electron chi connectivity index (χ1n) is 8.46. The van der Waals surface area contributed by atoms with Crippen molar-refractivity contribution in [1.82, 2.24) is 10.2 Å². The summed E-state index contributed by atoms with van der Waals surface area (Å²) in [5, 5.41) is 10.1. The predicted octanol–water partition coefficient (Wildman–Crippen LogP) is 5.81. The average molecular weight is 471 g/mol. The Bertz CT molecular complexity index is 1090. The Morgan fingerprint density at radius 3 is 2.43 bits per heavy atom. The van der Waals surface area contributed by atoms with Crippen LogP contribution in [0.2, 0.25) is 0 Å². The van der Waals surface area contributed by atoms with E-state index in [9.17, 15) is 4.79 Å². The molecule has 8 heteroatoms. The van der Waals surface area contributed by atoms with Gasteiger partial charge in [0.25, 0.3) is 5.91 Å². The van der Waals surface area contributed by atoms with E-state index in [0.717, 1.165) is 26.3 Å². The summed E-state index contributed by atoms with van der Waals surface area (Å²) in [5.41, 5.74) is 2.70. The average Bonchev–Trinajstić information content (AvgIpc) is 3.25. The molecular formula is C20H15BrN4OS2. The molecule has 0 N–H and O–H groups in total. The smallest absolute Gasteiger partial charge is 0.268 e. The molecule has 1 aromatic heterocycles. The fourth-order valence-electron chi connectivity index (χ4n) is 2.73. The predicted molar refractivity (Wildman–Crippen MR) is 120 cm³/mol. The summed E-state index contributed by atoms with van der Waals surface area (Å²) < 4.78 is 0.999. The van der Waals surface area contributed by atoms with E-state index in [2.05, 4.69) is 31.1 Å². The first kappa shape index (κ1) is 19.0. The molecule has 28 heavy (non-hydrogen) atoms. The van der Waals surface area contributed by atoms with Crippen molar-refractivity contribution in [3.63, 3.8) is 0 Å². The molecule has 0 bridgehead atoms. The van der Waals surface area contributed by atoms with Crippen LogP contribution in [-0.2, 0) is 4.79 Å². The summed E-state index contributed by atoms with van der Waals surface area (Å²) in [6.07, 6.45) is 0. The lowest BCUT2D eigenvalue weighted by molar-refractivity contribution is -0.113. The highest BCUT2D eigenvalue weighted by Gasteiger charge is 2.36. The third-order valence-corrected chi connectivity index (χ3v) is 6.52. The number of carbonyl (C=O) groups is 1. The Morgan fingerprint density at radius 1 is 1.07 bits per heavy atom. The van der Waals surface area contributed by atoms with Gasteiger partial charge < -0.3 is 0 Å². The fourth-order valence-corrected chi connectivity index (χ4v) is 4.65. The molecule has 1 aliphatic heterocycles. The molecule has 1 fully saturated rings. The molecule has 140 valence electrons. The van der Waals surface area contributed by atoms with Gasteiger partial charge in [-0.2, -0.15) is 4.99 Å². The molecule has 1 aliphatic rings. The summed E-state index contributed by atoms with van der Waals surface area (Å²) in [6.45, 7) is 3.84. The van der Waals surface area contributed by atoms with Gasteiger partial charge >= 0.3 is 0 Å². The Hall–Kier alpha value is -2.29. The summed E-state index contributed by atoms with van der Waals surface area (Å²) in [7, 11) is 0. The van der Waals surface area contributed by atoms with E-state index in [-0.39, 0.29) is 5.91 Å². The van der Waals surface area contributed by atoms with Crippen LogP contribution in [0.5, 0.6) is 0 Å². The number of nitrogens with zero attached hydrogens (tertiary/aromatic N) is 4. The number of rotatable bonds is 3. The third-order valence-electron chi connectivity index (χ3n) is 4.12. The number of hydrogen-bond donors (Lipinski definition) is 0. The number of aliphatic imine (C=N–C) groups is 1. The second-order valence-electron chi connectivity index (χ2n) is 6.04. The maximum Gasteiger partial charge on any atom is 0.271 e. The van der Waals surface area contributed by atoms with Crippen molar-refractivity contribution in [3.8, 4) is 0 Å². The number of thioether (sulfide) groups is 1. The quantitative estimate of drug-likeness (QED) is 0.453. The molecule has 0 saturated carbocycles. The standard InChI is InChI=1S/C20H15BrN4OS2/c1-12(14-8-10-15(21)11-9-14)17-18(26)25(16-6-4-3-5-7-16)20(28-17)22-19-24-23-13(2)27-19/h3-11H,1-2H3/b17-12-,22-20+. The molecule has 0 spiro atoms. The van der Waals surface area contributed by atoms with Gasteiger partial charge in [0.1, 0.15) is 5.01 Å². The van der Waals surface area contributed by atoms with Crippen LogP contribution in [-0.4, -0.2) is 21.3 Å². The largest absolute Gasteiger partial charge is 0.271 e. The number of amides is 1. The Balaban J connectivity index is 1.81. The van der Waals surface area contributed by atoms with E-state index < -0.39 is 0 Å². The first-order valence-corrected chi connectivity index (χ1v) is 10.9. The molecule has 1 amide bonds. The lowest BCUT2D eigenvalue weighted by Crippen LogP contribution is -2.28. The van der Waals surface area contributed by atoms with E-state index in [1.165, 1.54) is 23.1 Å². The summed E-state index contributed by atoms with van der Waals surface area (Å²) >= 11 is 6.22. The topological polar surface area (TPSA) is 58.5 Å². The van der Waals surface area contributed by atoms with Crippen molar-refractivity contribution < 1.29 is 4.79 Å². The molecule has 4 rings (SSSR count). The van der Waals surface area contributed by atoms with Crippen molar-refractivity contribution >= 4 is 66.5 Å². The zero-order valence-electron chi connectivity index (χ0n) is 15.1. The maximum absolute atomic E-state index is 13.3. The van der Waals surface area contributed by atoms with E-state index in [4.69, 9.17) is 0 Å². The van der Waals surface area contributed by atoms with Crippen molar-refractivity contribution in [3.05, 3.63) is 74.5 Å². The third kappa shape index (κ3) is 3.80. The van der Waals surface area contributed by atoms with Crippen LogP contribution >= 0.6 is 39.0 Å². The highest BCUT2D eigenvalue weighted by molar-refractivity contribution is 9.10. The van der Waals surface area contributed by atoms with E-state index >= 15 is 0 Å². The van der Waals surface area contributed by atoms with Gasteiger partial charge in [-0.1, -0.05) is 57.6 Å². The molecule has 2 heterocycles. The Kier molecular flexibility index (Phi) is 5.43. The Labute approximate surface area is 179 Å². The van der Waals surface area contributed by atoms with Crippen LogP contribution < -0.4 is 4.90 Å². The molecular weight excluding hydrogens is 456 g/mol. The van der Waals surface area contributed by atoms with Gasteiger partial charge in [0.05, 0.1) is 10.6 Å². The normalized spacial score (nSPS) is 17.5. The number of aryl methyl sites for hydroxylation is 1. The van der Waals surface area contributed by atoms with Crippen LogP contribution in [0.4, 0.5) is 10.8 Å². The van der Waals surface area contributed by atoms with Gasteiger partial charge in [-0.05, 0) is 61.0 Å². The SMILES string of the molecule is C/C(=C1/S/C(=N/c2nnc(C)s2)N(c2ccccc2)C1=O)c1ccc(Br)cc1. The minimum Gasteiger partial charge on any atom is -0.268 e. The van der Waals surface area contributed by atoms with E-state index in [1.54, 1.807) is 4.90 Å². The van der Waals surface area contributed by atoms with Crippen LogP contribution in [0.3, 0.4) is 0 Å². The summed E-state index contributed by atoms with van der Waals surface area (Å²) in [4.78, 5) is 20.2. The number of carbonyl (C=O) groups excluding carboxylic acids is 1. The van der Waals surface area contributed by atoms with Gasteiger partial charge in [0.2, 0.25) is 5.13 Å². The van der Waals surface area contributed by atoms with Crippen LogP contribution in [0.25, 0.3) is 5.57 Å². The van der Waals surface area contributed by atoms with E-state index in [1.807, 2.05) is 68.4 Å². The molecule has 1 saturated heterocycles. The van der Waals surface area contributed by atoms with E-state index in [0.29, 0.717) is 15.2 Å². The minimum absolute atomic E-state index is 0.0865. The van der Waals surface area contributed by atoms with Gasteiger partial charge in [0, 0.05) is 4.47 Å². The monoisotopic (exact) mass is 470 g/mol. The van der Waals surface area contributed by atoms with Gasteiger partial charge in [-0.15, -0.1) is 10.2 Å². The van der Waals surface area contributed by atoms with Crippen molar-refractivity contribution in [2.45, 2.75) is 13.8 Å². The maximum atomic E-state index is 13.3. The number of amidine groups is 1. The number of hydrogen-bond acceptors (Lipinski definition) is 6. The van der Waals surface area contributed by atoms with Gasteiger partial charge in [0.15, 0.2) is 5.17 Å². The fraction of sp³-hybridized carbons (Fsp3) is 0.100. The molecule has 3 aromatic rings. The highest BCUT2D eigenvalue weighted by Crippen LogP contribution is 2.40. The zero-order chi connectivity index (χ0) is 19.7. The van der Waals surface area contributed by atoms with Crippen molar-refractivity contribution in [1.29, 1.82) is 0 Å². The van der Waals surface area contributed by atoms with Gasteiger partial charge in [-0.25, -0.2) is 0 Å². The van der Waals surface area contributed by atoms with Crippen LogP contribution in [0.15, 0.2) is 69.0 Å². The highest BCUT2D eigenvalue weighted by atomic mass is 79.9. The van der Waals surface area contributed by atoms with Crippen molar-refractivity contribution in [2.24, 2.45) is 4.99 Å². The van der Waals surface area contributed by atoms with Crippen LogP contribution in [0, 0.1) is 6.92 Å². The molecule has 0 aliphatic carbocycles. The number of benzene rings is 2. The lowest BCUT2D eigenvalue weighted by Gasteiger charge is -2.15. The van der Waals surface area contributed by atoms with Crippen LogP contribution in [0.1, 0.15) is 17.5 Å². The Morgan fingerprint density at radius 2 is 1.79 bits per heavy atom. The summed E-state index contributed by atoms with van der Waals surface area (Å²) in [5.74, 6) is -0.0865. The van der Waals surface area contributed by atoms with Crippen molar-refractivity contribution in [2.75, 3.05) is 4.90 Å². The minimum atomic E-state index is -0.0865. The zero-order valence-corrected chi connectivity index (χ0v) is 18.3. The lowest BCUT2D eigenvalue weighted by atomic mass is 10.1. The number of para-hydroxylation sites is 1.